The maximum absolute atomic E-state index is 13.4. The average molecular weight is 561 g/mol. The van der Waals surface area contributed by atoms with E-state index in [1.807, 2.05) is 49.4 Å². The number of likely N-dealkylation sites (tertiary alicyclic amines) is 1. The monoisotopic (exact) mass is 560 g/mol. The fourth-order valence-corrected chi connectivity index (χ4v) is 6.05. The summed E-state index contributed by atoms with van der Waals surface area (Å²) in [7, 11) is 0. The number of amidine groups is 1. The van der Waals surface area contributed by atoms with Gasteiger partial charge in [0.25, 0.3) is 0 Å². The van der Waals surface area contributed by atoms with Crippen molar-refractivity contribution in [2.45, 2.75) is 44.1 Å². The first-order valence-electron chi connectivity index (χ1n) is 13.2. The molecular weight excluding hydrogens is 528 g/mol. The molecule has 2 atom stereocenters. The molecule has 4 N–H and O–H groups in total. The third-order valence-electron chi connectivity index (χ3n) is 7.32. The molecule has 0 aliphatic carbocycles. The molecule has 10 heteroatoms. The van der Waals surface area contributed by atoms with E-state index < -0.39 is 11.8 Å². The number of nitrogens with one attached hydrogen (secondary N) is 2. The highest BCUT2D eigenvalue weighted by Crippen LogP contribution is 2.36. The Hall–Kier alpha value is -3.86. The van der Waals surface area contributed by atoms with Gasteiger partial charge in [-0.05, 0) is 24.1 Å². The number of thiophene rings is 1. The first-order chi connectivity index (χ1) is 19.2. The number of nitrogens with zero attached hydrogens (tertiary/aromatic N) is 1. The number of benzene rings is 2. The maximum Gasteiger partial charge on any atom is 0.243 e. The van der Waals surface area contributed by atoms with Crippen LogP contribution in [0, 0.1) is 5.41 Å². The standard InChI is InChI=1S/C30H32N4O5S/c1-19(26-15-23(17-40-26)28(31)32)33-29(37)24-16-30(38-13-14-39-30)18-34(24)27(36)12-11-25(35)22-9-7-21(8-10-22)20-5-3-2-4-6-20/h2-10,15,17,19,24H,11-14,16,18H2,1H3,(H3,31,32)(H,33,37)/t19?,24-/m0/s1. The average Bonchev–Trinajstić information content (AvgIpc) is 3.73. The molecule has 1 unspecified atom stereocenters. The van der Waals surface area contributed by atoms with Gasteiger partial charge in [0.2, 0.25) is 11.8 Å². The molecule has 2 aliphatic rings. The molecular formula is C30H32N4O5S. The van der Waals surface area contributed by atoms with Crippen LogP contribution in [-0.2, 0) is 19.1 Å². The molecule has 40 heavy (non-hydrogen) atoms. The molecule has 2 aliphatic heterocycles. The van der Waals surface area contributed by atoms with Gasteiger partial charge in [0.15, 0.2) is 11.6 Å². The first-order valence-corrected chi connectivity index (χ1v) is 14.1. The first kappa shape index (κ1) is 27.7. The Morgan fingerprint density at radius 3 is 2.38 bits per heavy atom. The highest BCUT2D eigenvalue weighted by molar-refractivity contribution is 7.10. The molecule has 0 bridgehead atoms. The molecule has 3 heterocycles. The minimum absolute atomic E-state index is 0.0262. The summed E-state index contributed by atoms with van der Waals surface area (Å²) >= 11 is 1.40. The zero-order valence-corrected chi connectivity index (χ0v) is 23.0. The van der Waals surface area contributed by atoms with Crippen molar-refractivity contribution in [1.29, 1.82) is 5.41 Å². The Balaban J connectivity index is 1.23. The number of hydrogen-bond acceptors (Lipinski definition) is 7. The summed E-state index contributed by atoms with van der Waals surface area (Å²) < 4.78 is 11.7. The van der Waals surface area contributed by atoms with E-state index in [9.17, 15) is 14.4 Å². The Labute approximate surface area is 236 Å². The molecule has 2 amide bonds. The third kappa shape index (κ3) is 5.99. The number of carbonyl (C=O) groups is 3. The number of nitrogen functional groups attached to an aromatic ring is 1. The summed E-state index contributed by atoms with van der Waals surface area (Å²) in [5.74, 6) is -1.80. The number of ether oxygens (including phenoxy) is 2. The molecule has 2 saturated heterocycles. The minimum Gasteiger partial charge on any atom is -0.384 e. The largest absolute Gasteiger partial charge is 0.384 e. The second kappa shape index (κ2) is 11.7. The smallest absolute Gasteiger partial charge is 0.243 e. The lowest BCUT2D eigenvalue weighted by Gasteiger charge is -2.25. The zero-order valence-electron chi connectivity index (χ0n) is 22.2. The highest BCUT2D eigenvalue weighted by atomic mass is 32.1. The van der Waals surface area contributed by atoms with Crippen LogP contribution < -0.4 is 11.1 Å². The Kier molecular flexibility index (Phi) is 8.11. The summed E-state index contributed by atoms with van der Waals surface area (Å²) in [5, 5.41) is 12.4. The van der Waals surface area contributed by atoms with Gasteiger partial charge in [0.1, 0.15) is 11.9 Å². The number of carbonyl (C=O) groups excluding carboxylic acids is 3. The summed E-state index contributed by atoms with van der Waals surface area (Å²) in [5.41, 5.74) is 8.78. The van der Waals surface area contributed by atoms with Crippen LogP contribution in [0.5, 0.6) is 0 Å². The lowest BCUT2D eigenvalue weighted by molar-refractivity contribution is -0.152. The Bertz CT molecular complexity index is 1400. The Morgan fingerprint density at radius 1 is 1.05 bits per heavy atom. The summed E-state index contributed by atoms with van der Waals surface area (Å²) in [6.45, 7) is 2.76. The molecule has 208 valence electrons. The van der Waals surface area contributed by atoms with Crippen LogP contribution >= 0.6 is 11.3 Å². The predicted molar refractivity (Wildman–Crippen MR) is 152 cm³/mol. The van der Waals surface area contributed by atoms with Crippen LogP contribution in [0.15, 0.2) is 66.0 Å². The van der Waals surface area contributed by atoms with Crippen molar-refractivity contribution in [1.82, 2.24) is 10.2 Å². The van der Waals surface area contributed by atoms with Gasteiger partial charge in [-0.1, -0.05) is 54.6 Å². The van der Waals surface area contributed by atoms with Gasteiger partial charge in [0, 0.05) is 40.6 Å². The van der Waals surface area contributed by atoms with Crippen LogP contribution in [0.4, 0.5) is 0 Å². The lowest BCUT2D eigenvalue weighted by Crippen LogP contribution is -2.46. The van der Waals surface area contributed by atoms with Gasteiger partial charge in [-0.3, -0.25) is 19.8 Å². The third-order valence-corrected chi connectivity index (χ3v) is 8.44. The van der Waals surface area contributed by atoms with Crippen molar-refractivity contribution in [3.05, 3.63) is 82.0 Å². The second-order valence-electron chi connectivity index (χ2n) is 10.1. The molecule has 0 saturated carbocycles. The van der Waals surface area contributed by atoms with Crippen LogP contribution in [0.1, 0.15) is 53.0 Å². The second-order valence-corrected chi connectivity index (χ2v) is 11.0. The quantitative estimate of drug-likeness (QED) is 0.207. The lowest BCUT2D eigenvalue weighted by atomic mass is 10.0. The van der Waals surface area contributed by atoms with Crippen molar-refractivity contribution in [2.24, 2.45) is 5.73 Å². The van der Waals surface area contributed by atoms with Gasteiger partial charge < -0.3 is 25.4 Å². The van der Waals surface area contributed by atoms with Gasteiger partial charge in [-0.2, -0.15) is 0 Å². The van der Waals surface area contributed by atoms with E-state index in [2.05, 4.69) is 5.32 Å². The van der Waals surface area contributed by atoms with E-state index >= 15 is 0 Å². The van der Waals surface area contributed by atoms with Crippen LogP contribution in [0.25, 0.3) is 11.1 Å². The molecule has 3 aromatic rings. The fraction of sp³-hybridized carbons (Fsp3) is 0.333. The van der Waals surface area contributed by atoms with Crippen molar-refractivity contribution in [3.8, 4) is 11.1 Å². The predicted octanol–water partition coefficient (Wildman–Crippen LogP) is 3.88. The van der Waals surface area contributed by atoms with Gasteiger partial charge in [-0.15, -0.1) is 11.3 Å². The summed E-state index contributed by atoms with van der Waals surface area (Å²) in [6, 6.07) is 17.9. The number of rotatable bonds is 9. The fourth-order valence-electron chi connectivity index (χ4n) is 5.13. The van der Waals surface area contributed by atoms with Gasteiger partial charge >= 0.3 is 0 Å². The summed E-state index contributed by atoms with van der Waals surface area (Å²) in [6.07, 6.45) is 0.222. The molecule has 1 aromatic heterocycles. The molecule has 2 fully saturated rings. The number of ketones is 1. The van der Waals surface area contributed by atoms with E-state index in [1.54, 1.807) is 23.6 Å². The van der Waals surface area contributed by atoms with Crippen molar-refractivity contribution >= 4 is 34.8 Å². The Morgan fingerprint density at radius 2 is 1.73 bits per heavy atom. The molecule has 1 spiro atoms. The zero-order chi connectivity index (χ0) is 28.3. The number of hydrogen-bond donors (Lipinski definition) is 3. The van der Waals surface area contributed by atoms with Crippen molar-refractivity contribution in [2.75, 3.05) is 19.8 Å². The number of nitrogens with two attached hydrogens (primary N) is 1. The number of Topliss-reactive ketones (excluding diaryl/α,β-unsaturated/α-hetero) is 1. The van der Waals surface area contributed by atoms with E-state index in [-0.39, 0.29) is 55.3 Å². The van der Waals surface area contributed by atoms with Crippen LogP contribution in [0.3, 0.4) is 0 Å². The van der Waals surface area contributed by atoms with Crippen LogP contribution in [-0.4, -0.2) is 59.9 Å². The highest BCUT2D eigenvalue weighted by Gasteiger charge is 2.52. The van der Waals surface area contributed by atoms with Crippen molar-refractivity contribution in [3.63, 3.8) is 0 Å². The van der Waals surface area contributed by atoms with Gasteiger partial charge in [-0.25, -0.2) is 0 Å². The topological polar surface area (TPSA) is 135 Å². The molecule has 5 rings (SSSR count). The van der Waals surface area contributed by atoms with Crippen molar-refractivity contribution < 1.29 is 23.9 Å². The van der Waals surface area contributed by atoms with E-state index in [0.717, 1.165) is 16.0 Å². The SMILES string of the molecule is CC(NC(=O)[C@@H]1CC2(CN1C(=O)CCC(=O)c1ccc(-c3ccccc3)cc1)OCCO2)c1cc(C(=N)N)cs1. The molecule has 9 nitrogen and oxygen atoms in total. The van der Waals surface area contributed by atoms with E-state index in [4.69, 9.17) is 20.6 Å². The van der Waals surface area contributed by atoms with E-state index in [1.165, 1.54) is 16.2 Å². The number of amides is 2. The summed E-state index contributed by atoms with van der Waals surface area (Å²) in [4.78, 5) is 42.0. The maximum atomic E-state index is 13.4. The van der Waals surface area contributed by atoms with Crippen LogP contribution in [0.2, 0.25) is 0 Å². The minimum atomic E-state index is -1.01. The molecule has 2 aromatic carbocycles. The molecule has 0 radical (unpaired) electrons. The van der Waals surface area contributed by atoms with Gasteiger partial charge in [0.05, 0.1) is 25.8 Å². The van der Waals surface area contributed by atoms with E-state index in [0.29, 0.717) is 24.3 Å². The normalized spacial score (nSPS) is 18.5.